The molecule has 1 heterocycles. The summed E-state index contributed by atoms with van der Waals surface area (Å²) in [6, 6.07) is 5.56. The molecule has 0 saturated carbocycles. The van der Waals surface area contributed by atoms with Crippen LogP contribution in [0.25, 0.3) is 0 Å². The number of halogens is 1. The quantitative estimate of drug-likeness (QED) is 0.865. The third-order valence-corrected chi connectivity index (χ3v) is 3.34. The molecular weight excluding hydrogens is 228 g/mol. The van der Waals surface area contributed by atoms with Gasteiger partial charge in [-0.1, -0.05) is 23.7 Å². The van der Waals surface area contributed by atoms with E-state index in [9.17, 15) is 4.79 Å². The van der Waals surface area contributed by atoms with Crippen LogP contribution in [-0.2, 0) is 9.53 Å². The van der Waals surface area contributed by atoms with Crippen LogP contribution in [-0.4, -0.2) is 17.7 Å². The maximum absolute atomic E-state index is 11.0. The monoisotopic (exact) mass is 240 g/mol. The van der Waals surface area contributed by atoms with Crippen molar-refractivity contribution in [3.63, 3.8) is 0 Å². The molecule has 0 radical (unpaired) electrons. The molecule has 1 aliphatic heterocycles. The van der Waals surface area contributed by atoms with Crippen LogP contribution >= 0.6 is 11.6 Å². The molecule has 0 bridgehead atoms. The Kier molecular flexibility index (Phi) is 3.17. The van der Waals surface area contributed by atoms with Gasteiger partial charge in [0.1, 0.15) is 0 Å². The lowest BCUT2D eigenvalue weighted by Gasteiger charge is -2.16. The van der Waals surface area contributed by atoms with Gasteiger partial charge in [0.25, 0.3) is 0 Å². The molecule has 1 fully saturated rings. The Morgan fingerprint density at radius 3 is 2.94 bits per heavy atom. The van der Waals surface area contributed by atoms with Crippen LogP contribution in [0, 0.1) is 12.8 Å². The maximum atomic E-state index is 11.0. The van der Waals surface area contributed by atoms with Gasteiger partial charge in [-0.3, -0.25) is 4.79 Å². The lowest BCUT2D eigenvalue weighted by atomic mass is 9.95. The summed E-state index contributed by atoms with van der Waals surface area (Å²) in [7, 11) is 0. The number of aryl methyl sites for hydroxylation is 1. The van der Waals surface area contributed by atoms with E-state index in [1.54, 1.807) is 6.07 Å². The number of carboxylic acids is 1. The van der Waals surface area contributed by atoms with Crippen LogP contribution in [0.15, 0.2) is 18.2 Å². The van der Waals surface area contributed by atoms with Gasteiger partial charge >= 0.3 is 5.97 Å². The molecule has 3 nitrogen and oxygen atoms in total. The summed E-state index contributed by atoms with van der Waals surface area (Å²) >= 11 is 6.02. The molecule has 0 spiro atoms. The van der Waals surface area contributed by atoms with Crippen molar-refractivity contribution < 1.29 is 14.6 Å². The van der Waals surface area contributed by atoms with Crippen molar-refractivity contribution in [2.75, 3.05) is 6.61 Å². The van der Waals surface area contributed by atoms with Crippen LogP contribution in [0.4, 0.5) is 0 Å². The number of aliphatic carboxylic acids is 1. The molecule has 1 aliphatic rings. The molecule has 86 valence electrons. The molecule has 2 rings (SSSR count). The normalized spacial score (nSPS) is 24.6. The molecule has 0 aliphatic carbocycles. The first kappa shape index (κ1) is 11.4. The van der Waals surface area contributed by atoms with Crippen LogP contribution < -0.4 is 0 Å². The van der Waals surface area contributed by atoms with Crippen LogP contribution in [0.5, 0.6) is 0 Å². The number of rotatable bonds is 2. The Hall–Kier alpha value is -1.06. The second-order valence-electron chi connectivity index (χ2n) is 4.03. The van der Waals surface area contributed by atoms with E-state index in [0.717, 1.165) is 11.1 Å². The van der Waals surface area contributed by atoms with Crippen LogP contribution in [0.1, 0.15) is 23.7 Å². The predicted molar refractivity (Wildman–Crippen MR) is 60.6 cm³/mol. The fourth-order valence-electron chi connectivity index (χ4n) is 1.96. The molecule has 1 saturated heterocycles. The van der Waals surface area contributed by atoms with Gasteiger partial charge in [0.15, 0.2) is 0 Å². The molecule has 1 N–H and O–H groups in total. The fourth-order valence-corrected chi connectivity index (χ4v) is 2.15. The molecule has 0 amide bonds. The minimum Gasteiger partial charge on any atom is -0.481 e. The summed E-state index contributed by atoms with van der Waals surface area (Å²) in [6.45, 7) is 2.41. The van der Waals surface area contributed by atoms with Crippen molar-refractivity contribution in [3.8, 4) is 0 Å². The average Bonchev–Trinajstić information content (AvgIpc) is 2.71. The summed E-state index contributed by atoms with van der Waals surface area (Å²) in [5.74, 6) is -1.27. The number of hydrogen-bond acceptors (Lipinski definition) is 2. The van der Waals surface area contributed by atoms with Gasteiger partial charge < -0.3 is 9.84 Å². The number of benzene rings is 1. The van der Waals surface area contributed by atoms with Crippen molar-refractivity contribution in [2.24, 2.45) is 5.92 Å². The summed E-state index contributed by atoms with van der Waals surface area (Å²) in [5, 5.41) is 9.71. The Labute approximate surface area is 99.0 Å². The maximum Gasteiger partial charge on any atom is 0.309 e. The van der Waals surface area contributed by atoms with E-state index in [4.69, 9.17) is 21.4 Å². The fraction of sp³-hybridized carbons (Fsp3) is 0.417. The molecular formula is C12H13ClO3. The second-order valence-corrected chi connectivity index (χ2v) is 4.44. The van der Waals surface area contributed by atoms with E-state index in [1.165, 1.54) is 0 Å². The number of hydrogen-bond donors (Lipinski definition) is 1. The Morgan fingerprint density at radius 1 is 1.56 bits per heavy atom. The number of ether oxygens (including phenoxy) is 1. The van der Waals surface area contributed by atoms with Crippen molar-refractivity contribution in [3.05, 3.63) is 34.3 Å². The molecule has 0 aromatic heterocycles. The van der Waals surface area contributed by atoms with E-state index in [0.29, 0.717) is 18.1 Å². The zero-order valence-electron chi connectivity index (χ0n) is 8.94. The Balaban J connectivity index is 2.29. The highest BCUT2D eigenvalue weighted by molar-refractivity contribution is 6.31. The molecule has 1 aromatic rings. The van der Waals surface area contributed by atoms with E-state index in [1.807, 2.05) is 19.1 Å². The van der Waals surface area contributed by atoms with Gasteiger partial charge in [0.2, 0.25) is 0 Å². The van der Waals surface area contributed by atoms with Gasteiger partial charge in [-0.25, -0.2) is 0 Å². The average molecular weight is 241 g/mol. The van der Waals surface area contributed by atoms with E-state index >= 15 is 0 Å². The summed E-state index contributed by atoms with van der Waals surface area (Å²) in [4.78, 5) is 11.0. The zero-order valence-corrected chi connectivity index (χ0v) is 9.70. The molecule has 4 heteroatoms. The topological polar surface area (TPSA) is 46.5 Å². The zero-order chi connectivity index (χ0) is 11.7. The van der Waals surface area contributed by atoms with Gasteiger partial charge in [0.05, 0.1) is 12.0 Å². The van der Waals surface area contributed by atoms with E-state index in [-0.39, 0.29) is 6.10 Å². The van der Waals surface area contributed by atoms with Crippen molar-refractivity contribution in [1.82, 2.24) is 0 Å². The van der Waals surface area contributed by atoms with Gasteiger partial charge in [0, 0.05) is 11.6 Å². The minimum absolute atomic E-state index is 0.365. The largest absolute Gasteiger partial charge is 0.481 e. The Bertz CT molecular complexity index is 417. The smallest absolute Gasteiger partial charge is 0.309 e. The highest BCUT2D eigenvalue weighted by Gasteiger charge is 2.35. The molecule has 2 unspecified atom stereocenters. The SMILES string of the molecule is Cc1ccc(C2OCCC2C(=O)O)cc1Cl. The second kappa shape index (κ2) is 4.44. The highest BCUT2D eigenvalue weighted by Crippen LogP contribution is 2.36. The summed E-state index contributed by atoms with van der Waals surface area (Å²) in [6.07, 6.45) is 0.196. The van der Waals surface area contributed by atoms with Crippen molar-refractivity contribution in [1.29, 1.82) is 0 Å². The van der Waals surface area contributed by atoms with E-state index in [2.05, 4.69) is 0 Å². The number of carbonyl (C=O) groups is 1. The highest BCUT2D eigenvalue weighted by atomic mass is 35.5. The standard InChI is InChI=1S/C12H13ClO3/c1-7-2-3-8(6-10(7)13)11-9(12(14)15)4-5-16-11/h2-3,6,9,11H,4-5H2,1H3,(H,14,15). The van der Waals surface area contributed by atoms with Crippen molar-refractivity contribution >= 4 is 17.6 Å². The molecule has 16 heavy (non-hydrogen) atoms. The first-order valence-corrected chi connectivity index (χ1v) is 5.58. The minimum atomic E-state index is -0.806. The van der Waals surface area contributed by atoms with E-state index < -0.39 is 11.9 Å². The van der Waals surface area contributed by atoms with Gasteiger partial charge in [-0.15, -0.1) is 0 Å². The first-order chi connectivity index (χ1) is 7.59. The van der Waals surface area contributed by atoms with Gasteiger partial charge in [-0.05, 0) is 30.5 Å². The Morgan fingerprint density at radius 2 is 2.31 bits per heavy atom. The molecule has 1 aromatic carbocycles. The van der Waals surface area contributed by atoms with Crippen LogP contribution in [0.2, 0.25) is 5.02 Å². The van der Waals surface area contributed by atoms with Gasteiger partial charge in [-0.2, -0.15) is 0 Å². The van der Waals surface area contributed by atoms with Crippen LogP contribution in [0.3, 0.4) is 0 Å². The summed E-state index contributed by atoms with van der Waals surface area (Å²) in [5.41, 5.74) is 1.83. The lowest BCUT2D eigenvalue weighted by molar-refractivity contribution is -0.143. The van der Waals surface area contributed by atoms with Crippen molar-refractivity contribution in [2.45, 2.75) is 19.4 Å². The predicted octanol–water partition coefficient (Wildman–Crippen LogP) is 2.81. The third-order valence-electron chi connectivity index (χ3n) is 2.93. The number of carboxylic acid groups (broad SMARTS) is 1. The first-order valence-electron chi connectivity index (χ1n) is 5.20. The molecule has 2 atom stereocenters. The lowest BCUT2D eigenvalue weighted by Crippen LogP contribution is -2.17. The summed E-state index contributed by atoms with van der Waals surface area (Å²) < 4.78 is 5.47. The third kappa shape index (κ3) is 2.06.